The topological polar surface area (TPSA) is 297 Å². The number of rotatable bonds is 13. The minimum atomic E-state index is -5.71. The van der Waals surface area contributed by atoms with Crippen LogP contribution >= 0.6 is 23.5 Å². The maximum Gasteiger partial charge on any atom is 0.490 e. The summed E-state index contributed by atoms with van der Waals surface area (Å²) in [5, 5.41) is 24.8. The number of anilines is 1. The normalized spacial score (nSPS) is 22.0. The Kier molecular flexibility index (Phi) is 9.43. The Morgan fingerprint density at radius 3 is 2.55 bits per heavy atom. The third-order valence-corrected chi connectivity index (χ3v) is 9.43. The fourth-order valence-electron chi connectivity index (χ4n) is 3.87. The maximum atomic E-state index is 12.0. The van der Waals surface area contributed by atoms with Gasteiger partial charge in [0.15, 0.2) is 17.0 Å². The van der Waals surface area contributed by atoms with Gasteiger partial charge in [-0.15, -0.1) is 0 Å². The molecule has 0 saturated carbocycles. The van der Waals surface area contributed by atoms with Crippen LogP contribution in [0.2, 0.25) is 0 Å². The largest absolute Gasteiger partial charge is 0.497 e. The molecule has 4 rings (SSSR count). The summed E-state index contributed by atoms with van der Waals surface area (Å²) in [4.78, 5) is 59.6. The molecule has 1 aromatic carbocycles. The molecule has 1 aliphatic rings. The number of phosphoric acid groups is 3. The summed E-state index contributed by atoms with van der Waals surface area (Å²) in [6, 6.07) is 4.37. The summed E-state index contributed by atoms with van der Waals surface area (Å²) in [6.45, 7) is -0.850. The van der Waals surface area contributed by atoms with Crippen molar-refractivity contribution in [2.75, 3.05) is 19.0 Å². The molecule has 21 nitrogen and oxygen atoms in total. The Bertz CT molecular complexity index is 1610. The van der Waals surface area contributed by atoms with Gasteiger partial charge >= 0.3 is 23.5 Å². The van der Waals surface area contributed by atoms with Crippen molar-refractivity contribution in [2.24, 2.45) is 0 Å². The molecule has 1 saturated heterocycles. The summed E-state index contributed by atoms with van der Waals surface area (Å²) in [6.07, 6.45) is -1.04. The van der Waals surface area contributed by atoms with E-state index in [2.05, 4.69) is 33.4 Å². The number of hydrogen-bond donors (Lipinski definition) is 6. The summed E-state index contributed by atoms with van der Waals surface area (Å²) in [7, 11) is -15.3. The van der Waals surface area contributed by atoms with Crippen molar-refractivity contribution in [1.82, 2.24) is 19.5 Å². The number of phosphoric ester groups is 1. The third kappa shape index (κ3) is 7.93. The van der Waals surface area contributed by atoms with Crippen LogP contribution in [0.5, 0.6) is 5.75 Å². The van der Waals surface area contributed by atoms with Crippen molar-refractivity contribution in [1.29, 1.82) is 0 Å². The molecule has 3 heterocycles. The summed E-state index contributed by atoms with van der Waals surface area (Å²) < 4.78 is 58.2. The number of nitrogens with zero attached hydrogens (tertiary/aromatic N) is 5. The van der Waals surface area contributed by atoms with Gasteiger partial charge in [-0.3, -0.25) is 19.2 Å². The van der Waals surface area contributed by atoms with Crippen LogP contribution in [0.3, 0.4) is 0 Å². The van der Waals surface area contributed by atoms with E-state index in [-0.39, 0.29) is 35.6 Å². The van der Waals surface area contributed by atoms with Gasteiger partial charge in [0.2, 0.25) is 0 Å². The highest BCUT2D eigenvalue weighted by atomic mass is 31.3. The lowest BCUT2D eigenvalue weighted by atomic mass is 10.1. The van der Waals surface area contributed by atoms with Crippen molar-refractivity contribution < 1.29 is 65.9 Å². The van der Waals surface area contributed by atoms with Gasteiger partial charge in [-0.1, -0.05) is 0 Å². The summed E-state index contributed by atoms with van der Waals surface area (Å²) >= 11 is 0. The molecule has 42 heavy (non-hydrogen) atoms. The number of aromatic nitrogens is 4. The van der Waals surface area contributed by atoms with Gasteiger partial charge in [0, 0.05) is 18.5 Å². The van der Waals surface area contributed by atoms with E-state index in [0.717, 1.165) is 0 Å². The fraction of sp³-hybridized carbons (Fsp3) is 0.389. The average molecular weight is 656 g/mol. The molecular formula is C18H23N6O15P3. The molecule has 0 amide bonds. The van der Waals surface area contributed by atoms with Crippen LogP contribution in [-0.2, 0) is 38.1 Å². The van der Waals surface area contributed by atoms with Crippen LogP contribution in [0, 0.1) is 10.1 Å². The molecule has 2 unspecified atom stereocenters. The molecule has 0 bridgehead atoms. The zero-order valence-electron chi connectivity index (χ0n) is 21.1. The number of fused-ring (bicyclic) bond motifs is 1. The first-order valence-electron chi connectivity index (χ1n) is 11.4. The number of benzene rings is 1. The molecule has 5 atom stereocenters. The molecule has 0 spiro atoms. The van der Waals surface area contributed by atoms with Gasteiger partial charge in [0.05, 0.1) is 37.1 Å². The van der Waals surface area contributed by atoms with Crippen molar-refractivity contribution >= 4 is 46.1 Å². The molecule has 230 valence electrons. The van der Waals surface area contributed by atoms with Crippen molar-refractivity contribution in [3.8, 4) is 5.75 Å². The lowest BCUT2D eigenvalue weighted by Gasteiger charge is -2.19. The van der Waals surface area contributed by atoms with Crippen LogP contribution in [0.15, 0.2) is 30.9 Å². The molecule has 0 aliphatic carbocycles. The maximum absolute atomic E-state index is 12.0. The average Bonchev–Trinajstić information content (AvgIpc) is 3.47. The summed E-state index contributed by atoms with van der Waals surface area (Å²) in [5.74, 6) is 0.541. The number of aliphatic hydroxyl groups excluding tert-OH is 1. The molecule has 24 heteroatoms. The first-order chi connectivity index (χ1) is 19.6. The molecule has 1 fully saturated rings. The third-order valence-electron chi connectivity index (χ3n) is 5.63. The van der Waals surface area contributed by atoms with Crippen molar-refractivity contribution in [3.05, 3.63) is 46.5 Å². The Morgan fingerprint density at radius 1 is 1.14 bits per heavy atom. The van der Waals surface area contributed by atoms with Gasteiger partial charge in [-0.25, -0.2) is 28.6 Å². The number of nitrogens with one attached hydrogen (secondary N) is 1. The van der Waals surface area contributed by atoms with E-state index in [9.17, 15) is 38.7 Å². The van der Waals surface area contributed by atoms with E-state index in [1.165, 1.54) is 36.5 Å². The Hall–Kier alpha value is -2.90. The molecule has 1 aliphatic heterocycles. The zero-order chi connectivity index (χ0) is 30.9. The minimum absolute atomic E-state index is 0.000590. The van der Waals surface area contributed by atoms with Crippen LogP contribution in [0.4, 0.5) is 11.5 Å². The molecule has 3 aromatic rings. The van der Waals surface area contributed by atoms with Crippen LogP contribution in [0.1, 0.15) is 18.2 Å². The van der Waals surface area contributed by atoms with E-state index in [4.69, 9.17) is 19.3 Å². The van der Waals surface area contributed by atoms with Gasteiger partial charge in [-0.05, 0) is 12.1 Å². The molecule has 2 aromatic heterocycles. The second kappa shape index (κ2) is 12.4. The molecular weight excluding hydrogens is 633 g/mol. The van der Waals surface area contributed by atoms with Crippen LogP contribution in [-0.4, -0.2) is 75.0 Å². The predicted molar refractivity (Wildman–Crippen MR) is 137 cm³/mol. The quantitative estimate of drug-likeness (QED) is 0.0859. The number of imidazole rings is 1. The minimum Gasteiger partial charge on any atom is -0.497 e. The number of aliphatic hydroxyl groups is 1. The fourth-order valence-corrected chi connectivity index (χ4v) is 6.90. The van der Waals surface area contributed by atoms with E-state index >= 15 is 0 Å². The van der Waals surface area contributed by atoms with Crippen LogP contribution in [0.25, 0.3) is 11.2 Å². The second-order valence-electron chi connectivity index (χ2n) is 8.47. The monoisotopic (exact) mass is 656 g/mol. The SMILES string of the molecule is COc1ccc(CNc2ncnc3c2ncn3[C@H]2C[C@H](O)[C@@H](COP(=O)(O)OP(=O)(O)OP(=O)(O)O)O2)c([N+](=O)[O-])c1. The molecule has 0 radical (unpaired) electrons. The van der Waals surface area contributed by atoms with Gasteiger partial charge < -0.3 is 39.5 Å². The first-order valence-corrected chi connectivity index (χ1v) is 15.9. The second-order valence-corrected chi connectivity index (χ2v) is 12.9. The number of nitro benzene ring substituents is 1. The lowest BCUT2D eigenvalue weighted by Crippen LogP contribution is -2.26. The zero-order valence-corrected chi connectivity index (χ0v) is 23.8. The summed E-state index contributed by atoms with van der Waals surface area (Å²) in [5.41, 5.74) is 0.659. The van der Waals surface area contributed by atoms with Gasteiger partial charge in [0.25, 0.3) is 5.69 Å². The molecule has 6 N–H and O–H groups in total. The van der Waals surface area contributed by atoms with Crippen LogP contribution < -0.4 is 10.1 Å². The Balaban J connectivity index is 1.43. The number of methoxy groups -OCH3 is 1. The Morgan fingerprint density at radius 2 is 1.88 bits per heavy atom. The van der Waals surface area contributed by atoms with Gasteiger partial charge in [0.1, 0.15) is 24.4 Å². The van der Waals surface area contributed by atoms with E-state index in [0.29, 0.717) is 11.3 Å². The Labute approximate surface area is 234 Å². The predicted octanol–water partition coefficient (Wildman–Crippen LogP) is 1.35. The highest BCUT2D eigenvalue weighted by Gasteiger charge is 2.43. The van der Waals surface area contributed by atoms with E-state index in [1.54, 1.807) is 6.07 Å². The standard InChI is InChI=1S/C18H23N6O15P3/c1-35-11-3-2-10(12(4-11)24(26)27)6-19-17-16-18(21-8-20-17)23(9-22-16)15-5-13(25)14(37-15)7-36-41(31,32)39-42(33,34)38-40(28,29)30/h2-4,8-9,13-15,25H,5-7H2,1H3,(H,31,32)(H,33,34)(H,19,20,21)(H2,28,29,30)/t13-,14+,15+/m0/s1. The number of hydrogen-bond acceptors (Lipinski definition) is 15. The van der Waals surface area contributed by atoms with Crippen molar-refractivity contribution in [2.45, 2.75) is 31.4 Å². The highest BCUT2D eigenvalue weighted by Crippen LogP contribution is 2.66. The van der Waals surface area contributed by atoms with E-state index in [1.807, 2.05) is 0 Å². The number of ether oxygens (including phenoxy) is 2. The lowest BCUT2D eigenvalue weighted by molar-refractivity contribution is -0.385. The smallest absolute Gasteiger partial charge is 0.490 e. The number of nitro groups is 1. The van der Waals surface area contributed by atoms with E-state index < -0.39 is 53.4 Å². The first kappa shape index (κ1) is 32.0. The van der Waals surface area contributed by atoms with Gasteiger partial charge in [-0.2, -0.15) is 8.62 Å². The van der Waals surface area contributed by atoms with Crippen molar-refractivity contribution in [3.63, 3.8) is 0 Å². The highest BCUT2D eigenvalue weighted by molar-refractivity contribution is 7.66.